The van der Waals surface area contributed by atoms with Gasteiger partial charge in [-0.05, 0) is 99.1 Å². The molecule has 0 radical (unpaired) electrons. The quantitative estimate of drug-likeness (QED) is 0.174. The SMILES string of the molecule is c1ccc(-c2cc(-c3ccccc3)nc(N3c4ccccc4C4(c5ccccc5-c5cc(-c6ccc7c(c6)c6ccccc6n7-c6ccccc6)ccc54)c4ccccc43)n2)cc1. The monoisotopic (exact) mass is 802 g/mol. The van der Waals surface area contributed by atoms with Gasteiger partial charge in [-0.1, -0.05) is 176 Å². The minimum absolute atomic E-state index is 0.583. The van der Waals surface area contributed by atoms with Crippen LogP contribution in [-0.4, -0.2) is 14.5 Å². The Kier molecular flexibility index (Phi) is 7.79. The summed E-state index contributed by atoms with van der Waals surface area (Å²) in [7, 11) is 0. The summed E-state index contributed by atoms with van der Waals surface area (Å²) in [6, 6.07) is 83.2. The van der Waals surface area contributed by atoms with Gasteiger partial charge in [-0.2, -0.15) is 0 Å². The van der Waals surface area contributed by atoms with E-state index < -0.39 is 5.41 Å². The maximum absolute atomic E-state index is 5.37. The Hall–Kier alpha value is -8.34. The first-order valence-corrected chi connectivity index (χ1v) is 21.6. The second-order valence-electron chi connectivity index (χ2n) is 16.5. The third-order valence-electron chi connectivity index (χ3n) is 13.2. The molecule has 294 valence electrons. The molecule has 3 heterocycles. The lowest BCUT2D eigenvalue weighted by Crippen LogP contribution is -2.36. The first-order chi connectivity index (χ1) is 31.3. The van der Waals surface area contributed by atoms with Gasteiger partial charge in [-0.25, -0.2) is 9.97 Å². The zero-order valence-electron chi connectivity index (χ0n) is 34.2. The highest BCUT2D eigenvalue weighted by Crippen LogP contribution is 2.63. The smallest absolute Gasteiger partial charge is 0.235 e. The summed E-state index contributed by atoms with van der Waals surface area (Å²) in [6.07, 6.45) is 0. The van der Waals surface area contributed by atoms with Gasteiger partial charge in [0.05, 0.1) is 39.2 Å². The molecular weight excluding hydrogens is 765 g/mol. The lowest BCUT2D eigenvalue weighted by molar-refractivity contribution is 0.750. The number of rotatable bonds is 5. The van der Waals surface area contributed by atoms with E-state index in [2.05, 4.69) is 228 Å². The number of hydrogen-bond donors (Lipinski definition) is 0. The van der Waals surface area contributed by atoms with E-state index in [0.717, 1.165) is 39.6 Å². The fourth-order valence-corrected chi connectivity index (χ4v) is 10.6. The summed E-state index contributed by atoms with van der Waals surface area (Å²) < 4.78 is 2.38. The lowest BCUT2D eigenvalue weighted by atomic mass is 9.64. The van der Waals surface area contributed by atoms with Crippen LogP contribution in [0, 0.1) is 0 Å². The number of para-hydroxylation sites is 4. The Balaban J connectivity index is 1.01. The van der Waals surface area contributed by atoms with Gasteiger partial charge in [0.15, 0.2) is 0 Å². The minimum atomic E-state index is -0.583. The van der Waals surface area contributed by atoms with E-state index >= 15 is 0 Å². The van der Waals surface area contributed by atoms with Crippen LogP contribution in [0.1, 0.15) is 22.3 Å². The highest BCUT2D eigenvalue weighted by Gasteiger charge is 2.52. The summed E-state index contributed by atoms with van der Waals surface area (Å²) in [5.74, 6) is 0.635. The van der Waals surface area contributed by atoms with Gasteiger partial charge < -0.3 is 4.57 Å². The fourth-order valence-electron chi connectivity index (χ4n) is 10.6. The number of hydrogen-bond acceptors (Lipinski definition) is 3. The van der Waals surface area contributed by atoms with E-state index in [1.165, 1.54) is 66.3 Å². The minimum Gasteiger partial charge on any atom is -0.309 e. The second-order valence-corrected chi connectivity index (χ2v) is 16.5. The first-order valence-electron chi connectivity index (χ1n) is 21.6. The zero-order chi connectivity index (χ0) is 41.5. The van der Waals surface area contributed by atoms with Crippen LogP contribution in [0.3, 0.4) is 0 Å². The van der Waals surface area contributed by atoms with Gasteiger partial charge in [-0.15, -0.1) is 0 Å². The second kappa shape index (κ2) is 13.8. The van der Waals surface area contributed by atoms with E-state index in [1.807, 2.05) is 12.1 Å². The summed E-state index contributed by atoms with van der Waals surface area (Å²) >= 11 is 0. The molecule has 0 amide bonds. The molecule has 4 nitrogen and oxygen atoms in total. The van der Waals surface area contributed by atoms with E-state index in [-0.39, 0.29) is 0 Å². The van der Waals surface area contributed by atoms with Crippen molar-refractivity contribution in [3.8, 4) is 50.5 Å². The van der Waals surface area contributed by atoms with Crippen molar-refractivity contribution >= 4 is 39.1 Å². The number of aromatic nitrogens is 3. The molecule has 4 heteroatoms. The average molecular weight is 803 g/mol. The molecule has 2 aliphatic rings. The molecule has 63 heavy (non-hydrogen) atoms. The molecule has 0 N–H and O–H groups in total. The zero-order valence-corrected chi connectivity index (χ0v) is 34.2. The van der Waals surface area contributed by atoms with Crippen LogP contribution in [0.2, 0.25) is 0 Å². The first kappa shape index (κ1) is 35.4. The van der Waals surface area contributed by atoms with Gasteiger partial charge in [-0.3, -0.25) is 4.90 Å². The van der Waals surface area contributed by atoms with Crippen LogP contribution in [0.5, 0.6) is 0 Å². The van der Waals surface area contributed by atoms with E-state index in [9.17, 15) is 0 Å². The third-order valence-corrected chi connectivity index (χ3v) is 13.2. The van der Waals surface area contributed by atoms with Crippen molar-refractivity contribution in [3.05, 3.63) is 253 Å². The number of benzene rings is 9. The van der Waals surface area contributed by atoms with Crippen LogP contribution >= 0.6 is 0 Å². The Labute approximate surface area is 365 Å². The summed E-state index contributed by atoms with van der Waals surface area (Å²) in [4.78, 5) is 13.0. The van der Waals surface area contributed by atoms with Gasteiger partial charge in [0.2, 0.25) is 5.95 Å². The number of nitrogens with zero attached hydrogens (tertiary/aromatic N) is 4. The van der Waals surface area contributed by atoms with Crippen molar-refractivity contribution in [2.24, 2.45) is 0 Å². The largest absolute Gasteiger partial charge is 0.309 e. The molecule has 0 unspecified atom stereocenters. The van der Waals surface area contributed by atoms with E-state index in [1.54, 1.807) is 0 Å². The number of anilines is 3. The Bertz CT molecular complexity index is 3470. The van der Waals surface area contributed by atoms with Crippen molar-refractivity contribution in [2.75, 3.05) is 4.90 Å². The summed E-state index contributed by atoms with van der Waals surface area (Å²) in [5, 5.41) is 2.49. The van der Waals surface area contributed by atoms with Crippen molar-refractivity contribution in [3.63, 3.8) is 0 Å². The average Bonchev–Trinajstić information content (AvgIpc) is 3.85. The van der Waals surface area contributed by atoms with Crippen LogP contribution < -0.4 is 4.90 Å². The molecule has 0 saturated heterocycles. The Morgan fingerprint density at radius 2 is 0.841 bits per heavy atom. The highest BCUT2D eigenvalue weighted by molar-refractivity contribution is 6.10. The molecule has 1 aliphatic carbocycles. The van der Waals surface area contributed by atoms with E-state index in [4.69, 9.17) is 9.97 Å². The Morgan fingerprint density at radius 1 is 0.333 bits per heavy atom. The number of fused-ring (bicyclic) bond motifs is 12. The normalized spacial score (nSPS) is 13.2. The van der Waals surface area contributed by atoms with Crippen LogP contribution in [0.15, 0.2) is 231 Å². The van der Waals surface area contributed by atoms with Crippen molar-refractivity contribution in [1.29, 1.82) is 0 Å². The van der Waals surface area contributed by atoms with Crippen molar-refractivity contribution < 1.29 is 0 Å². The molecule has 11 aromatic rings. The van der Waals surface area contributed by atoms with Crippen molar-refractivity contribution in [2.45, 2.75) is 5.41 Å². The van der Waals surface area contributed by atoms with Crippen LogP contribution in [-0.2, 0) is 5.41 Å². The lowest BCUT2D eigenvalue weighted by Gasteiger charge is -2.44. The third kappa shape index (κ3) is 5.22. The van der Waals surface area contributed by atoms with Crippen LogP contribution in [0.4, 0.5) is 17.3 Å². The molecule has 1 spiro atoms. The standard InChI is InChI=1S/C59H38N4/c1-4-18-39(19-5-1)52-38-53(40-20-6-2-7-21-40)61-58(60-52)63-56-30-16-13-27-50(56)59(51-28-14-17-31-57(51)63)48-26-12-10-24-44(48)46-36-41(32-34-49(46)59)42-33-35-55-47(37-42)45-25-11-15-29-54(45)62(55)43-22-8-3-9-23-43/h1-38H. The maximum atomic E-state index is 5.37. The fraction of sp³-hybridized carbons (Fsp3) is 0.0169. The predicted octanol–water partition coefficient (Wildman–Crippen LogP) is 14.7. The maximum Gasteiger partial charge on any atom is 0.235 e. The van der Waals surface area contributed by atoms with Gasteiger partial charge in [0, 0.05) is 27.6 Å². The van der Waals surface area contributed by atoms with Gasteiger partial charge in [0.1, 0.15) is 0 Å². The summed E-state index contributed by atoms with van der Waals surface area (Å²) in [5.41, 5.74) is 18.8. The molecule has 1 aliphatic heterocycles. The van der Waals surface area contributed by atoms with Crippen LogP contribution in [0.25, 0.3) is 72.3 Å². The van der Waals surface area contributed by atoms with Gasteiger partial charge in [0.25, 0.3) is 0 Å². The molecule has 2 aromatic heterocycles. The molecular formula is C59H38N4. The van der Waals surface area contributed by atoms with Crippen molar-refractivity contribution in [1.82, 2.24) is 14.5 Å². The molecule has 0 bridgehead atoms. The molecule has 0 fully saturated rings. The predicted molar refractivity (Wildman–Crippen MR) is 258 cm³/mol. The van der Waals surface area contributed by atoms with E-state index in [0.29, 0.717) is 5.95 Å². The summed E-state index contributed by atoms with van der Waals surface area (Å²) in [6.45, 7) is 0. The Morgan fingerprint density at radius 3 is 1.52 bits per heavy atom. The molecule has 9 aromatic carbocycles. The molecule has 0 saturated carbocycles. The molecule has 13 rings (SSSR count). The molecule has 0 atom stereocenters. The topological polar surface area (TPSA) is 34.0 Å². The highest BCUT2D eigenvalue weighted by atomic mass is 15.3. The van der Waals surface area contributed by atoms with Gasteiger partial charge >= 0.3 is 0 Å².